The van der Waals surface area contributed by atoms with Gasteiger partial charge in [0.2, 0.25) is 11.8 Å². The van der Waals surface area contributed by atoms with Crippen molar-refractivity contribution in [2.75, 3.05) is 5.32 Å². The van der Waals surface area contributed by atoms with Gasteiger partial charge in [-0.2, -0.15) is 0 Å². The highest BCUT2D eigenvalue weighted by Gasteiger charge is 2.14. The maximum Gasteiger partial charge on any atom is 0.231 e. The van der Waals surface area contributed by atoms with Crippen molar-refractivity contribution in [2.24, 2.45) is 0 Å². The summed E-state index contributed by atoms with van der Waals surface area (Å²) in [6.07, 6.45) is 0. The topological polar surface area (TPSA) is 87.4 Å². The molecule has 0 radical (unpaired) electrons. The molecule has 0 fully saturated rings. The fourth-order valence-corrected chi connectivity index (χ4v) is 2.87. The van der Waals surface area contributed by atoms with Gasteiger partial charge in [-0.1, -0.05) is 6.07 Å². The minimum atomic E-state index is -0.268. The van der Waals surface area contributed by atoms with E-state index >= 15 is 0 Å². The predicted octanol–water partition coefficient (Wildman–Crippen LogP) is 3.65. The minimum Gasteiger partial charge on any atom is -0.507 e. The van der Waals surface area contributed by atoms with Crippen molar-refractivity contribution in [2.45, 2.75) is 20.8 Å². The first-order valence-corrected chi connectivity index (χ1v) is 8.04. The van der Waals surface area contributed by atoms with E-state index in [1.54, 1.807) is 12.1 Å². The summed E-state index contributed by atoms with van der Waals surface area (Å²) >= 11 is 5.00. The number of aryl methyl sites for hydroxylation is 2. The molecule has 0 bridgehead atoms. The average Bonchev–Trinajstić information content (AvgIpc) is 2.90. The van der Waals surface area contributed by atoms with E-state index in [-0.39, 0.29) is 16.8 Å². The van der Waals surface area contributed by atoms with Crippen LogP contribution in [-0.2, 0) is 4.79 Å². The summed E-state index contributed by atoms with van der Waals surface area (Å²) in [7, 11) is 0. The van der Waals surface area contributed by atoms with Crippen LogP contribution in [0.3, 0.4) is 0 Å². The van der Waals surface area contributed by atoms with Crippen LogP contribution >= 0.6 is 12.2 Å². The molecule has 3 aromatic rings. The molecule has 0 aliphatic rings. The zero-order valence-electron chi connectivity index (χ0n) is 14.0. The molecule has 6 nitrogen and oxygen atoms in total. The van der Waals surface area contributed by atoms with Crippen LogP contribution in [0.15, 0.2) is 34.7 Å². The lowest BCUT2D eigenvalue weighted by atomic mass is 10.1. The number of phenolic OH excluding ortho intramolecular Hbond substituents is 1. The fourth-order valence-electron chi connectivity index (χ4n) is 2.60. The van der Waals surface area contributed by atoms with E-state index in [1.165, 1.54) is 13.0 Å². The number of anilines is 1. The van der Waals surface area contributed by atoms with Gasteiger partial charge in [0.25, 0.3) is 0 Å². The number of oxazole rings is 1. The number of rotatable bonds is 2. The molecule has 0 atom stereocenters. The van der Waals surface area contributed by atoms with Crippen molar-refractivity contribution in [3.8, 4) is 17.2 Å². The van der Waals surface area contributed by atoms with Crippen LogP contribution in [0.5, 0.6) is 5.75 Å². The molecule has 128 valence electrons. The number of aromatic hydroxyl groups is 1. The monoisotopic (exact) mass is 355 g/mol. The second-order valence-electron chi connectivity index (χ2n) is 5.82. The first kappa shape index (κ1) is 16.9. The van der Waals surface area contributed by atoms with Crippen LogP contribution in [0.25, 0.3) is 22.6 Å². The van der Waals surface area contributed by atoms with Gasteiger partial charge in [-0.3, -0.25) is 4.79 Å². The van der Waals surface area contributed by atoms with Gasteiger partial charge >= 0.3 is 0 Å². The lowest BCUT2D eigenvalue weighted by Gasteiger charge is -2.09. The molecule has 1 heterocycles. The molecule has 0 saturated carbocycles. The predicted molar refractivity (Wildman–Crippen MR) is 101 cm³/mol. The molecule has 0 aliphatic carbocycles. The molecule has 0 spiro atoms. The van der Waals surface area contributed by atoms with Crippen LogP contribution in [0.4, 0.5) is 5.69 Å². The molecule has 2 aromatic carbocycles. The van der Waals surface area contributed by atoms with Gasteiger partial charge in [-0.25, -0.2) is 4.98 Å². The highest BCUT2D eigenvalue weighted by atomic mass is 32.1. The van der Waals surface area contributed by atoms with Crippen molar-refractivity contribution in [3.05, 3.63) is 41.5 Å². The second-order valence-corrected chi connectivity index (χ2v) is 6.22. The van der Waals surface area contributed by atoms with Crippen molar-refractivity contribution in [1.82, 2.24) is 10.3 Å². The number of thiocarbonyl (C=S) groups is 1. The summed E-state index contributed by atoms with van der Waals surface area (Å²) < 4.78 is 5.82. The van der Waals surface area contributed by atoms with Gasteiger partial charge in [0.05, 0.1) is 5.56 Å². The Morgan fingerprint density at radius 1 is 1.24 bits per heavy atom. The Balaban J connectivity index is 1.92. The third kappa shape index (κ3) is 3.61. The molecular formula is C18H17N3O3S. The van der Waals surface area contributed by atoms with E-state index in [0.717, 1.165) is 16.6 Å². The van der Waals surface area contributed by atoms with Crippen molar-refractivity contribution >= 4 is 40.0 Å². The number of nitrogens with one attached hydrogen (secondary N) is 2. The number of nitrogens with zero attached hydrogens (tertiary/aromatic N) is 1. The number of phenols is 1. The van der Waals surface area contributed by atoms with Crippen LogP contribution < -0.4 is 10.6 Å². The first-order chi connectivity index (χ1) is 11.8. The lowest BCUT2D eigenvalue weighted by molar-refractivity contribution is -0.117. The number of fused-ring (bicyclic) bond motifs is 1. The van der Waals surface area contributed by atoms with Gasteiger partial charge in [0.1, 0.15) is 11.3 Å². The second kappa shape index (κ2) is 6.52. The third-order valence-corrected chi connectivity index (χ3v) is 3.80. The van der Waals surface area contributed by atoms with Crippen molar-refractivity contribution in [3.63, 3.8) is 0 Å². The Morgan fingerprint density at radius 2 is 2.00 bits per heavy atom. The number of carbonyl (C=O) groups excluding carboxylic acids is 1. The molecule has 3 N–H and O–H groups in total. The molecular weight excluding hydrogens is 338 g/mol. The van der Waals surface area contributed by atoms with Gasteiger partial charge in [-0.15, -0.1) is 0 Å². The molecule has 3 rings (SSSR count). The summed E-state index contributed by atoms with van der Waals surface area (Å²) in [4.78, 5) is 15.4. The van der Waals surface area contributed by atoms with E-state index in [1.807, 2.05) is 26.0 Å². The largest absolute Gasteiger partial charge is 0.507 e. The average molecular weight is 355 g/mol. The number of benzene rings is 2. The zero-order valence-corrected chi connectivity index (χ0v) is 14.8. The SMILES string of the molecule is CC(=O)NC(=S)Nc1ccc(-c2nc3cc(C)cc(C)c3o2)c(O)c1. The Morgan fingerprint density at radius 3 is 2.68 bits per heavy atom. The Bertz CT molecular complexity index is 995. The van der Waals surface area contributed by atoms with Gasteiger partial charge < -0.3 is 20.2 Å². The quantitative estimate of drug-likeness (QED) is 0.608. The zero-order chi connectivity index (χ0) is 18.1. The molecule has 0 unspecified atom stereocenters. The highest BCUT2D eigenvalue weighted by Crippen LogP contribution is 2.34. The summed E-state index contributed by atoms with van der Waals surface area (Å²) in [6.45, 7) is 5.32. The molecule has 7 heteroatoms. The number of carbonyl (C=O) groups is 1. The number of aromatic nitrogens is 1. The standard InChI is InChI=1S/C18H17N3O3S/c1-9-6-10(2)16-14(7-9)21-17(24-16)13-5-4-12(8-15(13)23)20-18(25)19-11(3)22/h4-8,23H,1-3H3,(H2,19,20,22,25). The van der Waals surface area contributed by atoms with E-state index < -0.39 is 0 Å². The van der Waals surface area contributed by atoms with E-state index in [2.05, 4.69) is 15.6 Å². The van der Waals surface area contributed by atoms with E-state index in [0.29, 0.717) is 22.7 Å². The number of hydrogen-bond donors (Lipinski definition) is 3. The maximum atomic E-state index is 11.0. The van der Waals surface area contributed by atoms with E-state index in [9.17, 15) is 9.90 Å². The molecule has 0 saturated heterocycles. The summed E-state index contributed by atoms with van der Waals surface area (Å²) in [5.41, 5.74) is 4.56. The smallest absolute Gasteiger partial charge is 0.231 e. The van der Waals surface area contributed by atoms with Crippen LogP contribution in [-0.4, -0.2) is 21.1 Å². The maximum absolute atomic E-state index is 11.0. The lowest BCUT2D eigenvalue weighted by Crippen LogP contribution is -2.32. The molecule has 25 heavy (non-hydrogen) atoms. The van der Waals surface area contributed by atoms with Gasteiger partial charge in [0.15, 0.2) is 10.7 Å². The Labute approximate surface area is 149 Å². The first-order valence-electron chi connectivity index (χ1n) is 7.63. The fraction of sp³-hybridized carbons (Fsp3) is 0.167. The van der Waals surface area contributed by atoms with Crippen LogP contribution in [0, 0.1) is 13.8 Å². The van der Waals surface area contributed by atoms with Crippen molar-refractivity contribution in [1.29, 1.82) is 0 Å². The molecule has 1 amide bonds. The van der Waals surface area contributed by atoms with Gasteiger partial charge in [0, 0.05) is 18.7 Å². The third-order valence-electron chi connectivity index (χ3n) is 3.60. The van der Waals surface area contributed by atoms with Gasteiger partial charge in [-0.05, 0) is 55.4 Å². The molecule has 1 aromatic heterocycles. The summed E-state index contributed by atoms with van der Waals surface area (Å²) in [5, 5.41) is 15.8. The molecule has 0 aliphatic heterocycles. The minimum absolute atomic E-state index is 0.00319. The Kier molecular flexibility index (Phi) is 4.41. The summed E-state index contributed by atoms with van der Waals surface area (Å²) in [6, 6.07) is 8.86. The number of amides is 1. The summed E-state index contributed by atoms with van der Waals surface area (Å²) in [5.74, 6) is 0.0734. The normalized spacial score (nSPS) is 10.7. The number of hydrogen-bond acceptors (Lipinski definition) is 5. The van der Waals surface area contributed by atoms with Crippen LogP contribution in [0.1, 0.15) is 18.1 Å². The van der Waals surface area contributed by atoms with Crippen molar-refractivity contribution < 1.29 is 14.3 Å². The Hall–Kier alpha value is -2.93. The highest BCUT2D eigenvalue weighted by molar-refractivity contribution is 7.80. The van der Waals surface area contributed by atoms with E-state index in [4.69, 9.17) is 16.6 Å². The van der Waals surface area contributed by atoms with Crippen LogP contribution in [0.2, 0.25) is 0 Å².